The smallest absolute Gasteiger partial charge is 0.277 e. The lowest BCUT2D eigenvalue weighted by Gasteiger charge is -2.11. The molecule has 0 bridgehead atoms. The molecule has 0 aliphatic rings. The fourth-order valence-electron chi connectivity index (χ4n) is 2.47. The van der Waals surface area contributed by atoms with E-state index in [4.69, 9.17) is 4.74 Å². The number of benzene rings is 2. The molecule has 2 aromatic rings. The van der Waals surface area contributed by atoms with Gasteiger partial charge in [0.2, 0.25) is 0 Å². The maximum Gasteiger partial charge on any atom is 0.277 e. The van der Waals surface area contributed by atoms with Crippen molar-refractivity contribution >= 4 is 23.5 Å². The van der Waals surface area contributed by atoms with E-state index < -0.39 is 10.8 Å². The van der Waals surface area contributed by atoms with Crippen LogP contribution in [-0.4, -0.2) is 37.7 Å². The summed E-state index contributed by atoms with van der Waals surface area (Å²) in [6.07, 6.45) is 1.54. The molecule has 27 heavy (non-hydrogen) atoms. The van der Waals surface area contributed by atoms with Crippen molar-refractivity contribution in [2.24, 2.45) is 5.10 Å². The average molecular weight is 370 g/mol. The van der Waals surface area contributed by atoms with Gasteiger partial charge in [-0.15, -0.1) is 0 Å². The number of hydrogen-bond acceptors (Lipinski definition) is 6. The fraction of sp³-hybridized carbons (Fsp3) is 0.263. The summed E-state index contributed by atoms with van der Waals surface area (Å²) in [6, 6.07) is 10.5. The summed E-state index contributed by atoms with van der Waals surface area (Å²) in [5.74, 6) is 0.0346. The fourth-order valence-corrected chi connectivity index (χ4v) is 2.47. The van der Waals surface area contributed by atoms with Crippen molar-refractivity contribution in [3.63, 3.8) is 0 Å². The van der Waals surface area contributed by atoms with Crippen molar-refractivity contribution in [1.82, 2.24) is 5.43 Å². The third-order valence-electron chi connectivity index (χ3n) is 3.82. The molecule has 0 atom stereocenters. The number of hydrogen-bond donors (Lipinski definition) is 1. The number of anilines is 1. The van der Waals surface area contributed by atoms with E-state index in [9.17, 15) is 14.9 Å². The summed E-state index contributed by atoms with van der Waals surface area (Å²) in [4.78, 5) is 24.3. The van der Waals surface area contributed by atoms with E-state index >= 15 is 0 Å². The van der Waals surface area contributed by atoms with E-state index in [-0.39, 0.29) is 12.3 Å². The minimum Gasteiger partial charge on any atom is -0.483 e. The Hall–Kier alpha value is -3.42. The second kappa shape index (κ2) is 8.79. The Kier molecular flexibility index (Phi) is 6.48. The van der Waals surface area contributed by atoms with Crippen molar-refractivity contribution in [2.75, 3.05) is 25.6 Å². The Bertz CT molecular complexity index is 838. The topological polar surface area (TPSA) is 97.1 Å². The number of non-ortho nitro benzene ring substituents is 1. The molecule has 0 unspecified atom stereocenters. The first kappa shape index (κ1) is 19.9. The van der Waals surface area contributed by atoms with Crippen LogP contribution in [0.1, 0.15) is 16.7 Å². The van der Waals surface area contributed by atoms with Crippen LogP contribution < -0.4 is 15.1 Å². The van der Waals surface area contributed by atoms with E-state index in [1.54, 1.807) is 20.1 Å². The third-order valence-corrected chi connectivity index (χ3v) is 3.82. The summed E-state index contributed by atoms with van der Waals surface area (Å²) in [6.45, 7) is 3.15. The minimum absolute atomic E-state index is 0.00770. The molecule has 8 heteroatoms. The lowest BCUT2D eigenvalue weighted by molar-refractivity contribution is -0.385. The molecule has 0 aliphatic heterocycles. The number of nitrogens with zero attached hydrogens (tertiary/aromatic N) is 3. The van der Waals surface area contributed by atoms with Gasteiger partial charge in [0.1, 0.15) is 5.75 Å². The number of nitro benzene ring substituents is 1. The number of nitrogens with one attached hydrogen (secondary N) is 1. The van der Waals surface area contributed by atoms with Gasteiger partial charge in [-0.25, -0.2) is 5.43 Å². The zero-order chi connectivity index (χ0) is 20.0. The number of ether oxygens (including phenoxy) is 1. The summed E-state index contributed by atoms with van der Waals surface area (Å²) in [5.41, 5.74) is 5.50. The second-order valence-corrected chi connectivity index (χ2v) is 6.23. The number of carbonyl (C=O) groups excluding carboxylic acids is 1. The first-order valence-electron chi connectivity index (χ1n) is 8.25. The Labute approximate surface area is 157 Å². The minimum atomic E-state index is -0.462. The monoisotopic (exact) mass is 370 g/mol. The predicted octanol–water partition coefficient (Wildman–Crippen LogP) is 2.81. The molecule has 1 amide bonds. The van der Waals surface area contributed by atoms with Gasteiger partial charge in [-0.2, -0.15) is 5.10 Å². The standard InChI is InChI=1S/C19H22N4O4/c1-13-9-17(23(25)26)10-14(2)19(13)27-12-18(24)21-20-11-15-5-7-16(8-6-15)22(3)4/h5-11H,12H2,1-4H3,(H,21,24). The molecule has 2 aromatic carbocycles. The summed E-state index contributed by atoms with van der Waals surface area (Å²) in [5, 5.41) is 14.8. The van der Waals surface area contributed by atoms with E-state index in [2.05, 4.69) is 10.5 Å². The van der Waals surface area contributed by atoms with E-state index in [0.29, 0.717) is 16.9 Å². The lowest BCUT2D eigenvalue weighted by atomic mass is 10.1. The van der Waals surface area contributed by atoms with Gasteiger partial charge in [-0.1, -0.05) is 12.1 Å². The van der Waals surface area contributed by atoms with Gasteiger partial charge in [0.15, 0.2) is 6.61 Å². The maximum absolute atomic E-state index is 11.9. The third kappa shape index (κ3) is 5.53. The van der Waals surface area contributed by atoms with Crippen LogP contribution in [0.25, 0.3) is 0 Å². The number of carbonyl (C=O) groups is 1. The number of rotatable bonds is 7. The zero-order valence-corrected chi connectivity index (χ0v) is 15.7. The Morgan fingerprint density at radius 1 is 1.22 bits per heavy atom. The quantitative estimate of drug-likeness (QED) is 0.459. The highest BCUT2D eigenvalue weighted by atomic mass is 16.6. The predicted molar refractivity (Wildman–Crippen MR) is 105 cm³/mol. The molecule has 0 saturated carbocycles. The van der Waals surface area contributed by atoms with Crippen LogP contribution in [0.4, 0.5) is 11.4 Å². The largest absolute Gasteiger partial charge is 0.483 e. The molecule has 8 nitrogen and oxygen atoms in total. The molecular weight excluding hydrogens is 348 g/mol. The Morgan fingerprint density at radius 2 is 1.81 bits per heavy atom. The summed E-state index contributed by atoms with van der Waals surface area (Å²) < 4.78 is 5.49. The number of nitro groups is 1. The zero-order valence-electron chi connectivity index (χ0n) is 15.7. The molecule has 0 radical (unpaired) electrons. The van der Waals surface area contributed by atoms with Crippen molar-refractivity contribution in [2.45, 2.75) is 13.8 Å². The van der Waals surface area contributed by atoms with Crippen LogP contribution >= 0.6 is 0 Å². The molecule has 2 rings (SSSR count). The molecule has 0 fully saturated rings. The summed E-state index contributed by atoms with van der Waals surface area (Å²) in [7, 11) is 3.91. The highest BCUT2D eigenvalue weighted by Crippen LogP contribution is 2.28. The Balaban J connectivity index is 1.90. The van der Waals surface area contributed by atoms with Gasteiger partial charge in [0.25, 0.3) is 11.6 Å². The molecular formula is C19H22N4O4. The molecule has 142 valence electrons. The van der Waals surface area contributed by atoms with E-state index in [1.807, 2.05) is 43.3 Å². The van der Waals surface area contributed by atoms with Crippen LogP contribution in [0.5, 0.6) is 5.75 Å². The van der Waals surface area contributed by atoms with Crippen LogP contribution in [0.2, 0.25) is 0 Å². The SMILES string of the molecule is Cc1cc([N+](=O)[O-])cc(C)c1OCC(=O)NN=Cc1ccc(N(C)C)cc1. The number of aryl methyl sites for hydroxylation is 2. The van der Waals surface area contributed by atoms with Crippen molar-refractivity contribution in [3.05, 3.63) is 63.2 Å². The van der Waals surface area contributed by atoms with Gasteiger partial charge >= 0.3 is 0 Å². The molecule has 0 aromatic heterocycles. The molecule has 0 spiro atoms. The van der Waals surface area contributed by atoms with Crippen molar-refractivity contribution in [3.8, 4) is 5.75 Å². The molecule has 0 saturated heterocycles. The van der Waals surface area contributed by atoms with Crippen molar-refractivity contribution < 1.29 is 14.5 Å². The normalized spacial score (nSPS) is 10.7. The number of amides is 1. The van der Waals surface area contributed by atoms with Crippen LogP contribution in [0.15, 0.2) is 41.5 Å². The van der Waals surface area contributed by atoms with Crippen molar-refractivity contribution in [1.29, 1.82) is 0 Å². The van der Waals surface area contributed by atoms with Crippen LogP contribution in [-0.2, 0) is 4.79 Å². The first-order chi connectivity index (χ1) is 12.8. The van der Waals surface area contributed by atoms with Crippen LogP contribution in [0, 0.1) is 24.0 Å². The second-order valence-electron chi connectivity index (χ2n) is 6.23. The van der Waals surface area contributed by atoms with E-state index in [1.165, 1.54) is 12.1 Å². The molecule has 0 aliphatic carbocycles. The van der Waals surface area contributed by atoms with Gasteiger partial charge in [-0.05, 0) is 42.7 Å². The summed E-state index contributed by atoms with van der Waals surface area (Å²) >= 11 is 0. The van der Waals surface area contributed by atoms with Gasteiger partial charge < -0.3 is 9.64 Å². The maximum atomic E-state index is 11.9. The highest BCUT2D eigenvalue weighted by Gasteiger charge is 2.14. The Morgan fingerprint density at radius 3 is 2.33 bits per heavy atom. The van der Waals surface area contributed by atoms with Gasteiger partial charge in [0, 0.05) is 31.9 Å². The molecule has 0 heterocycles. The first-order valence-corrected chi connectivity index (χ1v) is 8.25. The van der Waals surface area contributed by atoms with Gasteiger partial charge in [0.05, 0.1) is 11.1 Å². The molecule has 1 N–H and O–H groups in total. The van der Waals surface area contributed by atoms with Gasteiger partial charge in [-0.3, -0.25) is 14.9 Å². The van der Waals surface area contributed by atoms with E-state index in [0.717, 1.165) is 11.3 Å². The van der Waals surface area contributed by atoms with Crippen LogP contribution in [0.3, 0.4) is 0 Å². The average Bonchev–Trinajstić information content (AvgIpc) is 2.61. The lowest BCUT2D eigenvalue weighted by Crippen LogP contribution is -2.25. The number of hydrazone groups is 1. The highest BCUT2D eigenvalue weighted by molar-refractivity contribution is 5.83.